The Kier molecular flexibility index (Phi) is 4.59. The number of hydrogen-bond donors (Lipinski definition) is 2. The second kappa shape index (κ2) is 7.36. The first-order valence-electron chi connectivity index (χ1n) is 8.31. The summed E-state index contributed by atoms with van der Waals surface area (Å²) in [6.45, 7) is -0.369. The predicted octanol–water partition coefficient (Wildman–Crippen LogP) is 3.75. The molecule has 0 saturated carbocycles. The van der Waals surface area contributed by atoms with Crippen molar-refractivity contribution in [2.75, 3.05) is 11.9 Å². The summed E-state index contributed by atoms with van der Waals surface area (Å²) in [7, 11) is 0. The Morgan fingerprint density at radius 2 is 2.07 bits per heavy atom. The first kappa shape index (κ1) is 17.5. The number of carbonyl (C=O) groups is 1. The highest BCUT2D eigenvalue weighted by molar-refractivity contribution is 5.93. The van der Waals surface area contributed by atoms with Gasteiger partial charge in [-0.1, -0.05) is 12.1 Å². The molecule has 1 amide bonds. The highest BCUT2D eigenvalue weighted by Crippen LogP contribution is 2.33. The minimum Gasteiger partial charge on any atom is -0.507 e. The van der Waals surface area contributed by atoms with Crippen LogP contribution in [0.25, 0.3) is 22.6 Å². The Labute approximate surface area is 158 Å². The molecule has 0 radical (unpaired) electrons. The molecule has 0 fully saturated rings. The van der Waals surface area contributed by atoms with Gasteiger partial charge in [-0.3, -0.25) is 9.78 Å². The smallest absolute Gasteiger partial charge is 0.262 e. The Balaban J connectivity index is 1.50. The van der Waals surface area contributed by atoms with Gasteiger partial charge in [0.25, 0.3) is 5.91 Å². The van der Waals surface area contributed by atoms with Crippen molar-refractivity contribution in [1.29, 1.82) is 0 Å². The van der Waals surface area contributed by atoms with Gasteiger partial charge in [0.1, 0.15) is 11.3 Å². The largest absolute Gasteiger partial charge is 0.507 e. The van der Waals surface area contributed by atoms with Crippen molar-refractivity contribution in [3.8, 4) is 23.0 Å². The van der Waals surface area contributed by atoms with E-state index < -0.39 is 11.7 Å². The van der Waals surface area contributed by atoms with Gasteiger partial charge in [-0.05, 0) is 30.3 Å². The molecule has 4 aromatic rings. The minimum atomic E-state index is -0.548. The molecule has 0 aliphatic rings. The van der Waals surface area contributed by atoms with E-state index in [-0.39, 0.29) is 24.0 Å². The lowest BCUT2D eigenvalue weighted by Gasteiger charge is -2.09. The summed E-state index contributed by atoms with van der Waals surface area (Å²) < 4.78 is 24.3. The number of phenolic OH excluding ortho intramolecular Hbond substituents is 1. The first-order valence-corrected chi connectivity index (χ1v) is 8.31. The number of aromatic hydroxyl groups is 1. The quantitative estimate of drug-likeness (QED) is 0.513. The Bertz CT molecular complexity index is 1130. The molecule has 140 valence electrons. The number of aromatic nitrogens is 2. The van der Waals surface area contributed by atoms with Gasteiger partial charge in [0.15, 0.2) is 23.8 Å². The Morgan fingerprint density at radius 3 is 2.89 bits per heavy atom. The zero-order valence-electron chi connectivity index (χ0n) is 14.4. The lowest BCUT2D eigenvalue weighted by molar-refractivity contribution is -0.118. The van der Waals surface area contributed by atoms with E-state index in [1.54, 1.807) is 24.5 Å². The van der Waals surface area contributed by atoms with Crippen LogP contribution in [-0.4, -0.2) is 27.6 Å². The second-order valence-corrected chi connectivity index (χ2v) is 5.86. The van der Waals surface area contributed by atoms with Gasteiger partial charge in [-0.15, -0.1) is 0 Å². The van der Waals surface area contributed by atoms with Gasteiger partial charge in [0.05, 0.1) is 11.8 Å². The highest BCUT2D eigenvalue weighted by atomic mass is 19.1. The molecule has 8 heteroatoms. The molecule has 0 saturated heterocycles. The fourth-order valence-electron chi connectivity index (χ4n) is 2.58. The normalized spacial score (nSPS) is 10.8. The monoisotopic (exact) mass is 379 g/mol. The molecule has 0 bridgehead atoms. The standard InChI is InChI=1S/C20H14FN3O4/c21-14-3-1-2-4-17(14)27-11-19(26)23-12-5-6-16(25)13(9-12)20-24-15-10-22-8-7-18(15)28-20/h1-10,25H,11H2,(H,23,26). The lowest BCUT2D eigenvalue weighted by Crippen LogP contribution is -2.20. The van der Waals surface area contributed by atoms with E-state index in [1.807, 2.05) is 0 Å². The third kappa shape index (κ3) is 3.61. The maximum absolute atomic E-state index is 13.5. The zero-order chi connectivity index (χ0) is 19.5. The number of ether oxygens (including phenoxy) is 1. The summed E-state index contributed by atoms with van der Waals surface area (Å²) in [6, 6.07) is 11.9. The van der Waals surface area contributed by atoms with E-state index in [9.17, 15) is 14.3 Å². The first-order chi connectivity index (χ1) is 13.6. The number of anilines is 1. The van der Waals surface area contributed by atoms with Crippen molar-refractivity contribution >= 4 is 22.7 Å². The summed E-state index contributed by atoms with van der Waals surface area (Å²) in [4.78, 5) is 20.4. The van der Waals surface area contributed by atoms with E-state index >= 15 is 0 Å². The molecule has 0 spiro atoms. The summed E-state index contributed by atoms with van der Waals surface area (Å²) >= 11 is 0. The van der Waals surface area contributed by atoms with Crippen molar-refractivity contribution in [2.24, 2.45) is 0 Å². The molecule has 2 N–H and O–H groups in total. The number of pyridine rings is 1. The minimum absolute atomic E-state index is 0.0101. The number of rotatable bonds is 5. The molecular weight excluding hydrogens is 365 g/mol. The van der Waals surface area contributed by atoms with E-state index in [4.69, 9.17) is 9.15 Å². The maximum atomic E-state index is 13.5. The lowest BCUT2D eigenvalue weighted by atomic mass is 10.1. The summed E-state index contributed by atoms with van der Waals surface area (Å²) in [5.41, 5.74) is 1.78. The number of nitrogens with zero attached hydrogens (tertiary/aromatic N) is 2. The van der Waals surface area contributed by atoms with Crippen LogP contribution in [0.3, 0.4) is 0 Å². The summed E-state index contributed by atoms with van der Waals surface area (Å²) in [5.74, 6) is -0.905. The average Bonchev–Trinajstić information content (AvgIpc) is 3.13. The van der Waals surface area contributed by atoms with Crippen LogP contribution in [0, 0.1) is 5.82 Å². The van der Waals surface area contributed by atoms with Crippen molar-refractivity contribution < 1.29 is 23.4 Å². The molecule has 2 aromatic carbocycles. The number of benzene rings is 2. The van der Waals surface area contributed by atoms with Gasteiger partial charge < -0.3 is 19.6 Å². The maximum Gasteiger partial charge on any atom is 0.262 e. The van der Waals surface area contributed by atoms with Gasteiger partial charge in [0.2, 0.25) is 5.89 Å². The fourth-order valence-corrected chi connectivity index (χ4v) is 2.58. The average molecular weight is 379 g/mol. The Hall–Kier alpha value is -3.94. The molecule has 2 aromatic heterocycles. The zero-order valence-corrected chi connectivity index (χ0v) is 14.4. The second-order valence-electron chi connectivity index (χ2n) is 5.86. The van der Waals surface area contributed by atoms with Crippen LogP contribution < -0.4 is 10.1 Å². The van der Waals surface area contributed by atoms with Crippen LogP contribution in [0.1, 0.15) is 0 Å². The van der Waals surface area contributed by atoms with Crippen molar-refractivity contribution in [1.82, 2.24) is 9.97 Å². The van der Waals surface area contributed by atoms with Crippen molar-refractivity contribution in [2.45, 2.75) is 0 Å². The number of nitrogens with one attached hydrogen (secondary N) is 1. The summed E-state index contributed by atoms with van der Waals surface area (Å²) in [5, 5.41) is 12.8. The molecule has 0 unspecified atom stereocenters. The van der Waals surface area contributed by atoms with Gasteiger partial charge in [-0.25, -0.2) is 9.37 Å². The number of phenols is 1. The number of amides is 1. The van der Waals surface area contributed by atoms with Gasteiger partial charge in [-0.2, -0.15) is 0 Å². The molecule has 0 atom stereocenters. The van der Waals surface area contributed by atoms with Crippen molar-refractivity contribution in [3.05, 3.63) is 66.7 Å². The third-order valence-corrected chi connectivity index (χ3v) is 3.90. The van der Waals surface area contributed by atoms with Crippen LogP contribution in [-0.2, 0) is 4.79 Å². The van der Waals surface area contributed by atoms with Crippen molar-refractivity contribution in [3.63, 3.8) is 0 Å². The molecule has 0 aliphatic carbocycles. The highest BCUT2D eigenvalue weighted by Gasteiger charge is 2.14. The Morgan fingerprint density at radius 1 is 1.21 bits per heavy atom. The van der Waals surface area contributed by atoms with Gasteiger partial charge >= 0.3 is 0 Å². The third-order valence-electron chi connectivity index (χ3n) is 3.90. The molecule has 28 heavy (non-hydrogen) atoms. The molecule has 2 heterocycles. The number of hydrogen-bond acceptors (Lipinski definition) is 6. The number of halogens is 1. The van der Waals surface area contributed by atoms with E-state index in [1.165, 1.54) is 36.4 Å². The fraction of sp³-hybridized carbons (Fsp3) is 0.0500. The van der Waals surface area contributed by atoms with Crippen LogP contribution >= 0.6 is 0 Å². The van der Waals surface area contributed by atoms with Crippen LogP contribution in [0.15, 0.2) is 65.3 Å². The number of fused-ring (bicyclic) bond motifs is 1. The topological polar surface area (TPSA) is 97.5 Å². The summed E-state index contributed by atoms with van der Waals surface area (Å²) in [6.07, 6.45) is 3.12. The molecule has 4 rings (SSSR count). The number of para-hydroxylation sites is 1. The predicted molar refractivity (Wildman–Crippen MR) is 99.4 cm³/mol. The van der Waals surface area contributed by atoms with E-state index in [0.29, 0.717) is 22.4 Å². The molecule has 7 nitrogen and oxygen atoms in total. The molecule has 0 aliphatic heterocycles. The van der Waals surface area contributed by atoms with E-state index in [0.717, 1.165) is 0 Å². The van der Waals surface area contributed by atoms with Crippen LogP contribution in [0.5, 0.6) is 11.5 Å². The van der Waals surface area contributed by atoms with E-state index in [2.05, 4.69) is 15.3 Å². The number of oxazole rings is 1. The van der Waals surface area contributed by atoms with Crippen LogP contribution in [0.2, 0.25) is 0 Å². The SMILES string of the molecule is O=C(COc1ccccc1F)Nc1ccc(O)c(-c2nc3cnccc3o2)c1. The van der Waals surface area contributed by atoms with Crippen LogP contribution in [0.4, 0.5) is 10.1 Å². The molecular formula is C20H14FN3O4. The van der Waals surface area contributed by atoms with Gasteiger partial charge in [0, 0.05) is 18.0 Å². The number of carbonyl (C=O) groups excluding carboxylic acids is 1.